The van der Waals surface area contributed by atoms with Gasteiger partial charge in [-0.2, -0.15) is 0 Å². The quantitative estimate of drug-likeness (QED) is 0.160. The summed E-state index contributed by atoms with van der Waals surface area (Å²) in [5.74, 6) is 0. The lowest BCUT2D eigenvalue weighted by Crippen LogP contribution is -2.39. The summed E-state index contributed by atoms with van der Waals surface area (Å²) in [6.07, 6.45) is 2.27. The summed E-state index contributed by atoms with van der Waals surface area (Å²) in [6, 6.07) is 57.9. The number of nitrogens with one attached hydrogen (secondary N) is 3. The maximum absolute atomic E-state index is 3.98. The molecule has 8 aromatic carbocycles. The number of anilines is 1. The SMILES string of the molecule is C1=C(c2ccccc2)NC(c2ccc3c(ccc4ccc5c(c43)NC(c3ccccc3)S5)c2)NC1c1ccc2c(c1)sc1cc3ccccc3cc12. The number of hydrogen-bond acceptors (Lipinski definition) is 5. The molecular weight excluding hydrogens is 671 g/mol. The van der Waals surface area contributed by atoms with E-state index in [1.807, 2.05) is 23.1 Å². The summed E-state index contributed by atoms with van der Waals surface area (Å²) in [7, 11) is 0. The van der Waals surface area contributed by atoms with Crippen molar-refractivity contribution in [3.05, 3.63) is 186 Å². The molecule has 5 heteroatoms. The number of thiophene rings is 1. The number of hydrogen-bond donors (Lipinski definition) is 3. The first-order valence-corrected chi connectivity index (χ1v) is 19.5. The molecule has 1 aromatic heterocycles. The smallest absolute Gasteiger partial charge is 0.104 e. The summed E-state index contributed by atoms with van der Waals surface area (Å²) in [4.78, 5) is 1.30. The van der Waals surface area contributed by atoms with Crippen molar-refractivity contribution in [1.29, 1.82) is 0 Å². The number of benzene rings is 8. The molecule has 248 valence electrons. The van der Waals surface area contributed by atoms with E-state index in [0.717, 1.165) is 5.70 Å². The molecular formula is C47H33N3S2. The van der Waals surface area contributed by atoms with Crippen molar-refractivity contribution < 1.29 is 0 Å². The van der Waals surface area contributed by atoms with Gasteiger partial charge in [0.25, 0.3) is 0 Å². The molecule has 2 aliphatic heterocycles. The summed E-state index contributed by atoms with van der Waals surface area (Å²) in [6.45, 7) is 0. The molecule has 52 heavy (non-hydrogen) atoms. The minimum atomic E-state index is -0.0775. The van der Waals surface area contributed by atoms with Gasteiger partial charge in [0.1, 0.15) is 11.5 Å². The lowest BCUT2D eigenvalue weighted by atomic mass is 9.95. The summed E-state index contributed by atoms with van der Waals surface area (Å²) < 4.78 is 2.65. The van der Waals surface area contributed by atoms with Crippen molar-refractivity contribution in [2.24, 2.45) is 0 Å². The molecule has 3 nitrogen and oxygen atoms in total. The second kappa shape index (κ2) is 12.0. The highest BCUT2D eigenvalue weighted by Gasteiger charge is 2.27. The molecule has 3 unspecified atom stereocenters. The lowest BCUT2D eigenvalue weighted by Gasteiger charge is -2.33. The summed E-state index contributed by atoms with van der Waals surface area (Å²) in [5.41, 5.74) is 7.34. The van der Waals surface area contributed by atoms with E-state index < -0.39 is 0 Å². The Morgan fingerprint density at radius 2 is 1.19 bits per heavy atom. The zero-order valence-corrected chi connectivity index (χ0v) is 29.8. The number of rotatable bonds is 4. The van der Waals surface area contributed by atoms with Crippen LogP contribution >= 0.6 is 23.1 Å². The molecule has 0 radical (unpaired) electrons. The van der Waals surface area contributed by atoms with Gasteiger partial charge in [-0.15, -0.1) is 11.3 Å². The standard InChI is InChI=1S/C47H33N3S2/c1-3-9-28(10-4-1)39-27-40(34-17-21-37-38-24-31-13-7-8-14-32(31)25-43(38)51-42(37)26-34)49-46(48-39)35-18-20-36-33(23-35)16-15-29-19-22-41-45(44(29)36)50-47(52-41)30-11-5-2-6-12-30/h1-27,40,46-50H. The van der Waals surface area contributed by atoms with E-state index in [9.17, 15) is 0 Å². The van der Waals surface area contributed by atoms with Gasteiger partial charge in [0, 0.05) is 36.2 Å². The van der Waals surface area contributed by atoms with Gasteiger partial charge >= 0.3 is 0 Å². The van der Waals surface area contributed by atoms with Crippen LogP contribution in [-0.4, -0.2) is 0 Å². The number of thioether (sulfide) groups is 1. The van der Waals surface area contributed by atoms with Crippen LogP contribution in [0.2, 0.25) is 0 Å². The third-order valence-electron chi connectivity index (χ3n) is 10.7. The van der Waals surface area contributed by atoms with E-state index >= 15 is 0 Å². The van der Waals surface area contributed by atoms with E-state index in [4.69, 9.17) is 0 Å². The Balaban J connectivity index is 0.979. The number of fused-ring (bicyclic) bond motifs is 9. The molecule has 2 aliphatic rings. The maximum Gasteiger partial charge on any atom is 0.104 e. The molecule has 0 saturated carbocycles. The highest BCUT2D eigenvalue weighted by molar-refractivity contribution is 8.00. The van der Waals surface area contributed by atoms with E-state index in [0.29, 0.717) is 0 Å². The van der Waals surface area contributed by atoms with Crippen molar-refractivity contribution in [1.82, 2.24) is 10.6 Å². The second-order valence-corrected chi connectivity index (χ2v) is 16.1. The molecule has 0 fully saturated rings. The van der Waals surface area contributed by atoms with Crippen LogP contribution in [0.4, 0.5) is 5.69 Å². The van der Waals surface area contributed by atoms with Gasteiger partial charge < -0.3 is 10.6 Å². The first-order valence-electron chi connectivity index (χ1n) is 17.8. The van der Waals surface area contributed by atoms with Crippen molar-refractivity contribution in [2.45, 2.75) is 22.5 Å². The topological polar surface area (TPSA) is 36.1 Å². The molecule has 0 saturated heterocycles. The third-order valence-corrected chi connectivity index (χ3v) is 13.1. The molecule has 11 rings (SSSR count). The van der Waals surface area contributed by atoms with Gasteiger partial charge in [0.2, 0.25) is 0 Å². The lowest BCUT2D eigenvalue weighted by molar-refractivity contribution is 0.443. The zero-order valence-electron chi connectivity index (χ0n) is 28.1. The van der Waals surface area contributed by atoms with Crippen LogP contribution in [0.1, 0.15) is 39.8 Å². The Bertz CT molecular complexity index is 2880. The molecule has 0 bridgehead atoms. The van der Waals surface area contributed by atoms with E-state index in [1.54, 1.807) is 0 Å². The minimum Gasteiger partial charge on any atom is -0.368 e. The Hall–Kier alpha value is -5.59. The average molecular weight is 704 g/mol. The van der Waals surface area contributed by atoms with E-state index in [1.165, 1.54) is 85.3 Å². The minimum absolute atomic E-state index is 0.0295. The molecule has 9 aromatic rings. The molecule has 3 N–H and O–H groups in total. The van der Waals surface area contributed by atoms with Crippen molar-refractivity contribution in [3.8, 4) is 0 Å². The normalized spacial score (nSPS) is 18.5. The van der Waals surface area contributed by atoms with Gasteiger partial charge in [-0.25, -0.2) is 0 Å². The Morgan fingerprint density at radius 3 is 2.06 bits per heavy atom. The monoisotopic (exact) mass is 703 g/mol. The van der Waals surface area contributed by atoms with Gasteiger partial charge in [0.05, 0.1) is 11.7 Å². The maximum atomic E-state index is 3.98. The molecule has 0 aliphatic carbocycles. The Kier molecular flexibility index (Phi) is 6.94. The highest BCUT2D eigenvalue weighted by Crippen LogP contribution is 2.51. The van der Waals surface area contributed by atoms with E-state index in [-0.39, 0.29) is 17.6 Å². The van der Waals surface area contributed by atoms with Crippen molar-refractivity contribution in [2.75, 3.05) is 5.32 Å². The van der Waals surface area contributed by atoms with Crippen LogP contribution in [-0.2, 0) is 0 Å². The summed E-state index contributed by atoms with van der Waals surface area (Å²) >= 11 is 3.79. The van der Waals surface area contributed by atoms with Crippen LogP contribution in [0.5, 0.6) is 0 Å². The first kappa shape index (κ1) is 30.1. The molecule has 3 atom stereocenters. The van der Waals surface area contributed by atoms with Gasteiger partial charge in [-0.1, -0.05) is 139 Å². The van der Waals surface area contributed by atoms with Gasteiger partial charge in [-0.3, -0.25) is 5.32 Å². The second-order valence-electron chi connectivity index (χ2n) is 13.9. The largest absolute Gasteiger partial charge is 0.368 e. The predicted molar refractivity (Wildman–Crippen MR) is 223 cm³/mol. The Morgan fingerprint density at radius 1 is 0.481 bits per heavy atom. The molecule has 0 spiro atoms. The van der Waals surface area contributed by atoms with Crippen molar-refractivity contribution >= 4 is 87.0 Å². The van der Waals surface area contributed by atoms with E-state index in [2.05, 4.69) is 180 Å². The summed E-state index contributed by atoms with van der Waals surface area (Å²) in [5, 5.41) is 22.2. The van der Waals surface area contributed by atoms with Crippen LogP contribution < -0.4 is 16.0 Å². The van der Waals surface area contributed by atoms with Crippen LogP contribution in [0, 0.1) is 0 Å². The Labute approximate surface area is 310 Å². The zero-order chi connectivity index (χ0) is 34.2. The van der Waals surface area contributed by atoms with Gasteiger partial charge in [0.15, 0.2) is 0 Å². The average Bonchev–Trinajstić information content (AvgIpc) is 3.81. The van der Waals surface area contributed by atoms with Crippen LogP contribution in [0.25, 0.3) is 58.2 Å². The van der Waals surface area contributed by atoms with Gasteiger partial charge in [-0.05, 0) is 85.6 Å². The fourth-order valence-electron chi connectivity index (χ4n) is 8.12. The first-order chi connectivity index (χ1) is 25.7. The third kappa shape index (κ3) is 5.00. The predicted octanol–water partition coefficient (Wildman–Crippen LogP) is 12.7. The highest BCUT2D eigenvalue weighted by atomic mass is 32.2. The fraction of sp³-hybridized carbons (Fsp3) is 0.0638. The van der Waals surface area contributed by atoms with Crippen LogP contribution in [0.15, 0.2) is 169 Å². The fourth-order valence-corrected chi connectivity index (χ4v) is 10.5. The molecule has 0 amide bonds. The van der Waals surface area contributed by atoms with Crippen LogP contribution in [0.3, 0.4) is 0 Å². The molecule has 3 heterocycles. The van der Waals surface area contributed by atoms with Crippen molar-refractivity contribution in [3.63, 3.8) is 0 Å².